The van der Waals surface area contributed by atoms with Crippen molar-refractivity contribution >= 4 is 46.3 Å². The molecule has 0 unspecified atom stereocenters. The maximum atomic E-state index is 12.9. The molecule has 1 fully saturated rings. The molecule has 33 heavy (non-hydrogen) atoms. The number of amides is 3. The van der Waals surface area contributed by atoms with E-state index in [1.165, 1.54) is 0 Å². The average Bonchev–Trinajstić information content (AvgIpc) is 3.35. The number of nitrogens with one attached hydrogen (secondary N) is 2. The smallest absolute Gasteiger partial charge is 0.286 e. The number of nitrogens with zero attached hydrogens (tertiary/aromatic N) is 3. The molecule has 0 aliphatic carbocycles. The zero-order valence-electron chi connectivity index (χ0n) is 17.7. The summed E-state index contributed by atoms with van der Waals surface area (Å²) in [5, 5.41) is 14.2. The zero-order chi connectivity index (χ0) is 23.2. The molecule has 2 N–H and O–H groups in total. The van der Waals surface area contributed by atoms with Gasteiger partial charge in [-0.05, 0) is 42.7 Å². The van der Waals surface area contributed by atoms with Crippen molar-refractivity contribution in [3.8, 4) is 0 Å². The molecule has 0 bridgehead atoms. The summed E-state index contributed by atoms with van der Waals surface area (Å²) in [4.78, 5) is 39.6. The lowest BCUT2D eigenvalue weighted by molar-refractivity contribution is -0.126. The van der Waals surface area contributed by atoms with E-state index < -0.39 is 5.91 Å². The minimum Gasteiger partial charge on any atom is -0.352 e. The first kappa shape index (κ1) is 22.9. The SMILES string of the molecule is O=C(Nc1ccc(Cl)cc1)c1nnc(C(=O)N2CCC[C@@H](C(=O)NCc3ccccc3)C2)s1. The molecule has 2 heterocycles. The van der Waals surface area contributed by atoms with Crippen LogP contribution in [0.3, 0.4) is 0 Å². The van der Waals surface area contributed by atoms with Crippen molar-refractivity contribution in [3.63, 3.8) is 0 Å². The Bertz CT molecular complexity index is 1140. The summed E-state index contributed by atoms with van der Waals surface area (Å²) in [5.74, 6) is -1.13. The van der Waals surface area contributed by atoms with Gasteiger partial charge in [0.15, 0.2) is 0 Å². The van der Waals surface area contributed by atoms with Gasteiger partial charge < -0.3 is 15.5 Å². The van der Waals surface area contributed by atoms with E-state index in [0.29, 0.717) is 30.3 Å². The van der Waals surface area contributed by atoms with Crippen LogP contribution in [0.2, 0.25) is 5.02 Å². The van der Waals surface area contributed by atoms with Gasteiger partial charge in [-0.25, -0.2) is 0 Å². The Labute approximate surface area is 200 Å². The van der Waals surface area contributed by atoms with E-state index >= 15 is 0 Å². The van der Waals surface area contributed by atoms with Gasteiger partial charge in [0.25, 0.3) is 11.8 Å². The van der Waals surface area contributed by atoms with Crippen molar-refractivity contribution < 1.29 is 14.4 Å². The predicted octanol–water partition coefficient (Wildman–Crippen LogP) is 3.61. The van der Waals surface area contributed by atoms with E-state index in [-0.39, 0.29) is 27.7 Å². The number of hydrogen-bond donors (Lipinski definition) is 2. The molecule has 3 aromatic rings. The fourth-order valence-electron chi connectivity index (χ4n) is 3.56. The summed E-state index contributed by atoms with van der Waals surface area (Å²) in [6, 6.07) is 16.3. The van der Waals surface area contributed by atoms with Crippen LogP contribution in [0.25, 0.3) is 0 Å². The summed E-state index contributed by atoms with van der Waals surface area (Å²) >= 11 is 6.78. The molecular weight excluding hydrogens is 462 g/mol. The van der Waals surface area contributed by atoms with Crippen molar-refractivity contribution in [3.05, 3.63) is 75.2 Å². The highest BCUT2D eigenvalue weighted by Gasteiger charge is 2.30. The number of anilines is 1. The highest BCUT2D eigenvalue weighted by Crippen LogP contribution is 2.21. The third-order valence-electron chi connectivity index (χ3n) is 5.29. The number of aromatic nitrogens is 2. The fourth-order valence-corrected chi connectivity index (χ4v) is 4.39. The number of carbonyl (C=O) groups excluding carboxylic acids is 3. The molecule has 1 atom stereocenters. The lowest BCUT2D eigenvalue weighted by Crippen LogP contribution is -2.45. The third-order valence-corrected chi connectivity index (χ3v) is 6.46. The fraction of sp³-hybridized carbons (Fsp3) is 0.261. The Morgan fingerprint density at radius 2 is 1.76 bits per heavy atom. The Morgan fingerprint density at radius 3 is 2.52 bits per heavy atom. The lowest BCUT2D eigenvalue weighted by atomic mass is 9.97. The standard InChI is InChI=1S/C23H22ClN5O3S/c24-17-8-10-18(11-9-17)26-20(31)21-27-28-22(33-21)23(32)29-12-4-7-16(14-29)19(30)25-13-15-5-2-1-3-6-15/h1-3,5-6,8-11,16H,4,7,12-14H2,(H,25,30)(H,26,31)/t16-/m1/s1. The van der Waals surface area contributed by atoms with Crippen LogP contribution in [-0.2, 0) is 11.3 Å². The highest BCUT2D eigenvalue weighted by atomic mass is 35.5. The van der Waals surface area contributed by atoms with Crippen LogP contribution < -0.4 is 10.6 Å². The van der Waals surface area contributed by atoms with Gasteiger partial charge in [-0.15, -0.1) is 10.2 Å². The minimum absolute atomic E-state index is 0.0725. The lowest BCUT2D eigenvalue weighted by Gasteiger charge is -2.31. The second-order valence-electron chi connectivity index (χ2n) is 7.67. The molecule has 4 rings (SSSR count). The molecule has 0 radical (unpaired) electrons. The van der Waals surface area contributed by atoms with E-state index in [4.69, 9.17) is 11.6 Å². The largest absolute Gasteiger partial charge is 0.352 e. The summed E-state index contributed by atoms with van der Waals surface area (Å²) in [6.45, 7) is 1.30. The molecule has 8 nitrogen and oxygen atoms in total. The third kappa shape index (κ3) is 5.94. The summed E-state index contributed by atoms with van der Waals surface area (Å²) < 4.78 is 0. The number of piperidine rings is 1. The van der Waals surface area contributed by atoms with Crippen molar-refractivity contribution in [2.75, 3.05) is 18.4 Å². The number of likely N-dealkylation sites (tertiary alicyclic amines) is 1. The summed E-state index contributed by atoms with van der Waals surface area (Å²) in [6.07, 6.45) is 1.44. The van der Waals surface area contributed by atoms with Crippen molar-refractivity contribution in [2.24, 2.45) is 5.92 Å². The van der Waals surface area contributed by atoms with Crippen molar-refractivity contribution in [2.45, 2.75) is 19.4 Å². The molecule has 3 amide bonds. The Morgan fingerprint density at radius 1 is 1.03 bits per heavy atom. The van der Waals surface area contributed by atoms with Crippen LogP contribution in [0.5, 0.6) is 0 Å². The van der Waals surface area contributed by atoms with E-state index in [1.54, 1.807) is 29.2 Å². The number of hydrogen-bond acceptors (Lipinski definition) is 6. The monoisotopic (exact) mass is 483 g/mol. The highest BCUT2D eigenvalue weighted by molar-refractivity contribution is 7.15. The molecular formula is C23H22ClN5O3S. The second kappa shape index (κ2) is 10.5. The molecule has 1 aliphatic heterocycles. The summed E-state index contributed by atoms with van der Waals surface area (Å²) in [5.41, 5.74) is 1.58. The van der Waals surface area contributed by atoms with Gasteiger partial charge in [-0.2, -0.15) is 0 Å². The summed E-state index contributed by atoms with van der Waals surface area (Å²) in [7, 11) is 0. The van der Waals surface area contributed by atoms with Gasteiger partial charge in [-0.1, -0.05) is 53.3 Å². The number of carbonyl (C=O) groups is 3. The molecule has 0 spiro atoms. The van der Waals surface area contributed by atoms with Crippen molar-refractivity contribution in [1.82, 2.24) is 20.4 Å². The van der Waals surface area contributed by atoms with Crippen LogP contribution in [0.15, 0.2) is 54.6 Å². The predicted molar refractivity (Wildman–Crippen MR) is 126 cm³/mol. The van der Waals surface area contributed by atoms with Crippen LogP contribution in [0.4, 0.5) is 5.69 Å². The van der Waals surface area contributed by atoms with E-state index in [9.17, 15) is 14.4 Å². The van der Waals surface area contributed by atoms with E-state index in [0.717, 1.165) is 29.7 Å². The maximum Gasteiger partial charge on any atom is 0.286 e. The molecule has 170 valence electrons. The van der Waals surface area contributed by atoms with Gasteiger partial charge in [0.05, 0.1) is 5.92 Å². The first-order chi connectivity index (χ1) is 16.0. The van der Waals surface area contributed by atoms with Crippen LogP contribution >= 0.6 is 22.9 Å². The number of rotatable bonds is 6. The van der Waals surface area contributed by atoms with Gasteiger partial charge in [-0.3, -0.25) is 14.4 Å². The molecule has 10 heteroatoms. The topological polar surface area (TPSA) is 104 Å². The van der Waals surface area contributed by atoms with Crippen LogP contribution in [0.1, 0.15) is 38.0 Å². The van der Waals surface area contributed by atoms with Crippen LogP contribution in [0, 0.1) is 5.92 Å². The number of halogens is 1. The van der Waals surface area contributed by atoms with Crippen molar-refractivity contribution in [1.29, 1.82) is 0 Å². The molecule has 2 aromatic carbocycles. The maximum absolute atomic E-state index is 12.9. The molecule has 1 aromatic heterocycles. The first-order valence-electron chi connectivity index (χ1n) is 10.5. The molecule has 1 saturated heterocycles. The quantitative estimate of drug-likeness (QED) is 0.557. The molecule has 1 aliphatic rings. The zero-order valence-corrected chi connectivity index (χ0v) is 19.2. The van der Waals surface area contributed by atoms with Gasteiger partial charge >= 0.3 is 0 Å². The molecule has 0 saturated carbocycles. The van der Waals surface area contributed by atoms with Crippen LogP contribution in [-0.4, -0.2) is 45.9 Å². The number of benzene rings is 2. The average molecular weight is 484 g/mol. The first-order valence-corrected chi connectivity index (χ1v) is 11.7. The van der Waals surface area contributed by atoms with E-state index in [2.05, 4.69) is 20.8 Å². The minimum atomic E-state index is -0.453. The van der Waals surface area contributed by atoms with E-state index in [1.807, 2.05) is 30.3 Å². The van der Waals surface area contributed by atoms with Gasteiger partial charge in [0.2, 0.25) is 15.9 Å². The Hall–Kier alpha value is -3.30. The second-order valence-corrected chi connectivity index (χ2v) is 9.08. The Balaban J connectivity index is 1.33. The Kier molecular flexibility index (Phi) is 7.31. The normalized spacial score (nSPS) is 15.7. The van der Waals surface area contributed by atoms with Gasteiger partial charge in [0.1, 0.15) is 0 Å². The van der Waals surface area contributed by atoms with Gasteiger partial charge in [0, 0.05) is 30.3 Å².